The van der Waals surface area contributed by atoms with E-state index in [4.69, 9.17) is 14.2 Å². The molecule has 30 heavy (non-hydrogen) atoms. The molecule has 2 amide bonds. The molecule has 0 aromatic heterocycles. The van der Waals surface area contributed by atoms with Crippen LogP contribution in [-0.2, 0) is 14.3 Å². The number of benzene rings is 2. The number of hydrogen-bond acceptors (Lipinski definition) is 5. The molecule has 0 radical (unpaired) electrons. The molecule has 0 bridgehead atoms. The number of carbonyl (C=O) groups is 2. The number of carbonyl (C=O) groups excluding carboxylic acids is 2. The van der Waals surface area contributed by atoms with Crippen molar-refractivity contribution in [2.45, 2.75) is 20.3 Å². The molecule has 1 fully saturated rings. The molecule has 1 saturated heterocycles. The summed E-state index contributed by atoms with van der Waals surface area (Å²) in [7, 11) is 3.18. The van der Waals surface area contributed by atoms with Crippen LogP contribution in [0.4, 0.5) is 11.4 Å². The van der Waals surface area contributed by atoms with Crippen LogP contribution in [0, 0.1) is 19.8 Å². The molecule has 3 rings (SSSR count). The number of hydrogen-bond donors (Lipinski definition) is 1. The molecule has 1 N–H and O–H groups in total. The minimum Gasteiger partial charge on any atom is -0.495 e. The van der Waals surface area contributed by atoms with E-state index in [0.717, 1.165) is 11.1 Å². The number of rotatable bonds is 8. The first kappa shape index (κ1) is 21.6. The fourth-order valence-electron chi connectivity index (χ4n) is 3.45. The predicted octanol–water partition coefficient (Wildman–Crippen LogP) is 3.33. The van der Waals surface area contributed by atoms with Crippen molar-refractivity contribution in [3.63, 3.8) is 0 Å². The van der Waals surface area contributed by atoms with Gasteiger partial charge in [-0.3, -0.25) is 9.59 Å². The summed E-state index contributed by atoms with van der Waals surface area (Å²) in [6.07, 6.45) is 0.147. The van der Waals surface area contributed by atoms with Crippen LogP contribution in [0.3, 0.4) is 0 Å². The van der Waals surface area contributed by atoms with Crippen molar-refractivity contribution in [1.82, 2.24) is 0 Å². The van der Waals surface area contributed by atoms with Gasteiger partial charge in [-0.1, -0.05) is 12.1 Å². The summed E-state index contributed by atoms with van der Waals surface area (Å²) in [5.74, 6) is 0.428. The van der Waals surface area contributed by atoms with Crippen LogP contribution in [0.1, 0.15) is 17.5 Å². The maximum Gasteiger partial charge on any atom is 0.229 e. The largest absolute Gasteiger partial charge is 0.495 e. The van der Waals surface area contributed by atoms with Crippen molar-refractivity contribution >= 4 is 23.2 Å². The first-order valence-corrected chi connectivity index (χ1v) is 9.91. The number of amides is 2. The monoisotopic (exact) mass is 412 g/mol. The smallest absolute Gasteiger partial charge is 0.229 e. The lowest BCUT2D eigenvalue weighted by molar-refractivity contribution is -0.122. The summed E-state index contributed by atoms with van der Waals surface area (Å²) in [5.41, 5.74) is 3.32. The number of nitrogens with zero attached hydrogens (tertiary/aromatic N) is 1. The van der Waals surface area contributed by atoms with E-state index in [1.54, 1.807) is 19.1 Å². The zero-order valence-electron chi connectivity index (χ0n) is 17.9. The van der Waals surface area contributed by atoms with E-state index in [1.165, 1.54) is 0 Å². The molecule has 7 nitrogen and oxygen atoms in total. The third-order valence-corrected chi connectivity index (χ3v) is 5.06. The highest BCUT2D eigenvalue weighted by molar-refractivity contribution is 6.04. The van der Waals surface area contributed by atoms with Gasteiger partial charge in [0.05, 0.1) is 31.0 Å². The van der Waals surface area contributed by atoms with Gasteiger partial charge in [-0.2, -0.15) is 0 Å². The Bertz CT molecular complexity index is 928. The maximum atomic E-state index is 12.9. The Labute approximate surface area is 176 Å². The molecule has 1 heterocycles. The SMILES string of the molecule is COCCOc1cc(C)ccc1NC(=O)C1CC(=O)N(c2cc(C)ccc2OC)C1. The molecule has 1 aliphatic heterocycles. The van der Waals surface area contributed by atoms with E-state index in [0.29, 0.717) is 42.6 Å². The molecule has 1 unspecified atom stereocenters. The molecule has 160 valence electrons. The molecule has 1 atom stereocenters. The standard InChI is InChI=1S/C23H28N2O5/c1-15-6-8-20(29-4)19(11-15)25-14-17(13-22(25)26)23(27)24-18-7-5-16(2)12-21(18)30-10-9-28-3/h5-8,11-12,17H,9-10,13-14H2,1-4H3,(H,24,27). The minimum absolute atomic E-state index is 0.0977. The van der Waals surface area contributed by atoms with Gasteiger partial charge in [-0.15, -0.1) is 0 Å². The Kier molecular flexibility index (Phi) is 6.95. The number of methoxy groups -OCH3 is 2. The van der Waals surface area contributed by atoms with Crippen LogP contribution >= 0.6 is 0 Å². The van der Waals surface area contributed by atoms with Crippen LogP contribution in [0.15, 0.2) is 36.4 Å². The van der Waals surface area contributed by atoms with Crippen molar-refractivity contribution in [2.24, 2.45) is 5.92 Å². The van der Waals surface area contributed by atoms with E-state index < -0.39 is 5.92 Å². The van der Waals surface area contributed by atoms with Gasteiger partial charge < -0.3 is 24.4 Å². The van der Waals surface area contributed by atoms with Gasteiger partial charge in [0.1, 0.15) is 18.1 Å². The second-order valence-corrected chi connectivity index (χ2v) is 7.41. The summed E-state index contributed by atoms with van der Waals surface area (Å²) in [4.78, 5) is 27.2. The lowest BCUT2D eigenvalue weighted by Gasteiger charge is -2.20. The summed E-state index contributed by atoms with van der Waals surface area (Å²) >= 11 is 0. The van der Waals surface area contributed by atoms with Gasteiger partial charge >= 0.3 is 0 Å². The number of anilines is 2. The van der Waals surface area contributed by atoms with Crippen LogP contribution in [-0.4, -0.2) is 45.8 Å². The topological polar surface area (TPSA) is 77.1 Å². The second kappa shape index (κ2) is 9.63. The molecular weight excluding hydrogens is 384 g/mol. The summed E-state index contributed by atoms with van der Waals surface area (Å²) in [6, 6.07) is 11.3. The molecule has 2 aromatic rings. The lowest BCUT2D eigenvalue weighted by Crippen LogP contribution is -2.28. The fourth-order valence-corrected chi connectivity index (χ4v) is 3.45. The Morgan fingerprint density at radius 3 is 2.53 bits per heavy atom. The minimum atomic E-state index is -0.462. The Morgan fingerprint density at radius 1 is 1.07 bits per heavy atom. The Balaban J connectivity index is 1.73. The van der Waals surface area contributed by atoms with E-state index in [-0.39, 0.29) is 18.2 Å². The van der Waals surface area contributed by atoms with Crippen LogP contribution in [0.5, 0.6) is 11.5 Å². The highest BCUT2D eigenvalue weighted by Crippen LogP contribution is 2.34. The van der Waals surface area contributed by atoms with Crippen LogP contribution in [0.25, 0.3) is 0 Å². The van der Waals surface area contributed by atoms with Gasteiger partial charge in [0.15, 0.2) is 0 Å². The van der Waals surface area contributed by atoms with E-state index in [2.05, 4.69) is 5.32 Å². The Hall–Kier alpha value is -3.06. The van der Waals surface area contributed by atoms with Crippen molar-refractivity contribution in [3.05, 3.63) is 47.5 Å². The number of aryl methyl sites for hydroxylation is 2. The third-order valence-electron chi connectivity index (χ3n) is 5.06. The summed E-state index contributed by atoms with van der Waals surface area (Å²) in [6.45, 7) is 5.04. The lowest BCUT2D eigenvalue weighted by atomic mass is 10.1. The highest BCUT2D eigenvalue weighted by Gasteiger charge is 2.36. The van der Waals surface area contributed by atoms with E-state index in [9.17, 15) is 9.59 Å². The molecule has 0 aliphatic carbocycles. The number of nitrogens with one attached hydrogen (secondary N) is 1. The van der Waals surface area contributed by atoms with E-state index in [1.807, 2.05) is 50.2 Å². The summed E-state index contributed by atoms with van der Waals surface area (Å²) < 4.78 is 16.2. The average Bonchev–Trinajstić information content (AvgIpc) is 3.11. The molecule has 2 aromatic carbocycles. The normalized spacial score (nSPS) is 15.9. The summed E-state index contributed by atoms with van der Waals surface area (Å²) in [5, 5.41) is 2.92. The molecule has 7 heteroatoms. The van der Waals surface area contributed by atoms with Crippen molar-refractivity contribution in [1.29, 1.82) is 0 Å². The predicted molar refractivity (Wildman–Crippen MR) is 115 cm³/mol. The zero-order chi connectivity index (χ0) is 21.7. The van der Waals surface area contributed by atoms with Crippen LogP contribution in [0.2, 0.25) is 0 Å². The van der Waals surface area contributed by atoms with E-state index >= 15 is 0 Å². The fraction of sp³-hybridized carbons (Fsp3) is 0.391. The Morgan fingerprint density at radius 2 is 1.80 bits per heavy atom. The third kappa shape index (κ3) is 4.91. The van der Waals surface area contributed by atoms with Gasteiger partial charge in [0.2, 0.25) is 11.8 Å². The first-order chi connectivity index (χ1) is 14.4. The second-order valence-electron chi connectivity index (χ2n) is 7.41. The van der Waals surface area contributed by atoms with Crippen molar-refractivity contribution < 1.29 is 23.8 Å². The van der Waals surface area contributed by atoms with Gasteiger partial charge in [-0.05, 0) is 49.2 Å². The van der Waals surface area contributed by atoms with Gasteiger partial charge in [0, 0.05) is 20.1 Å². The molecule has 0 saturated carbocycles. The highest BCUT2D eigenvalue weighted by atomic mass is 16.5. The van der Waals surface area contributed by atoms with Crippen LogP contribution < -0.4 is 19.7 Å². The molecule has 0 spiro atoms. The molecule has 1 aliphatic rings. The van der Waals surface area contributed by atoms with Crippen molar-refractivity contribution in [3.8, 4) is 11.5 Å². The van der Waals surface area contributed by atoms with Gasteiger partial charge in [0.25, 0.3) is 0 Å². The quantitative estimate of drug-likeness (QED) is 0.673. The maximum absolute atomic E-state index is 12.9. The number of ether oxygens (including phenoxy) is 3. The van der Waals surface area contributed by atoms with Crippen molar-refractivity contribution in [2.75, 3.05) is 44.2 Å². The van der Waals surface area contributed by atoms with Gasteiger partial charge in [-0.25, -0.2) is 0 Å². The molecular formula is C23H28N2O5. The zero-order valence-corrected chi connectivity index (χ0v) is 17.9. The average molecular weight is 412 g/mol. The first-order valence-electron chi connectivity index (χ1n) is 9.91.